The first-order valence-corrected chi connectivity index (χ1v) is 14.2. The van der Waals surface area contributed by atoms with Gasteiger partial charge in [0.25, 0.3) is 5.91 Å². The molecule has 11 heteroatoms. The lowest BCUT2D eigenvalue weighted by molar-refractivity contribution is -0.143. The summed E-state index contributed by atoms with van der Waals surface area (Å²) in [5, 5.41) is 0. The number of piperidine rings is 1. The van der Waals surface area contributed by atoms with Gasteiger partial charge in [0.15, 0.2) is 4.80 Å². The van der Waals surface area contributed by atoms with Crippen LogP contribution in [0.5, 0.6) is 5.75 Å². The molecule has 0 aliphatic carbocycles. The van der Waals surface area contributed by atoms with Crippen molar-refractivity contribution in [1.29, 1.82) is 0 Å². The van der Waals surface area contributed by atoms with Gasteiger partial charge in [0, 0.05) is 18.7 Å². The maximum atomic E-state index is 13.0. The molecule has 1 aliphatic rings. The van der Waals surface area contributed by atoms with E-state index in [9.17, 15) is 18.0 Å². The zero-order chi connectivity index (χ0) is 25.7. The van der Waals surface area contributed by atoms with Crippen LogP contribution in [0.25, 0.3) is 10.2 Å². The van der Waals surface area contributed by atoms with Crippen LogP contribution in [-0.2, 0) is 26.1 Å². The van der Waals surface area contributed by atoms with Gasteiger partial charge in [-0.15, -0.1) is 0 Å². The second-order valence-corrected chi connectivity index (χ2v) is 11.2. The van der Waals surface area contributed by atoms with Crippen molar-refractivity contribution in [1.82, 2.24) is 8.87 Å². The van der Waals surface area contributed by atoms with Gasteiger partial charge in [-0.05, 0) is 63.1 Å². The molecule has 1 amide bonds. The van der Waals surface area contributed by atoms with E-state index in [2.05, 4.69) is 4.99 Å². The predicted octanol–water partition coefficient (Wildman–Crippen LogP) is 3.58. The van der Waals surface area contributed by atoms with Gasteiger partial charge in [-0.2, -0.15) is 9.30 Å². The summed E-state index contributed by atoms with van der Waals surface area (Å²) < 4.78 is 40.6. The van der Waals surface area contributed by atoms with E-state index in [-0.39, 0.29) is 23.6 Å². The smallest absolute Gasteiger partial charge is 0.326 e. The van der Waals surface area contributed by atoms with Gasteiger partial charge in [0.1, 0.15) is 17.8 Å². The molecule has 1 aliphatic heterocycles. The molecule has 1 fully saturated rings. The Hall–Kier alpha value is -3.02. The number of ether oxygens (including phenoxy) is 2. The highest BCUT2D eigenvalue weighted by Gasteiger charge is 2.26. The largest absolute Gasteiger partial charge is 0.492 e. The Labute approximate surface area is 214 Å². The second kappa shape index (κ2) is 11.4. The van der Waals surface area contributed by atoms with Crippen molar-refractivity contribution in [3.05, 3.63) is 52.8 Å². The lowest BCUT2D eigenvalue weighted by Gasteiger charge is -2.25. The van der Waals surface area contributed by atoms with Crippen LogP contribution in [0.3, 0.4) is 0 Å². The number of para-hydroxylation sites is 1. The van der Waals surface area contributed by atoms with Crippen LogP contribution < -0.4 is 9.54 Å². The molecule has 3 aromatic rings. The van der Waals surface area contributed by atoms with Crippen LogP contribution in [0.15, 0.2) is 52.4 Å². The first kappa shape index (κ1) is 26.1. The van der Waals surface area contributed by atoms with Gasteiger partial charge in [-0.1, -0.05) is 23.8 Å². The molecule has 36 heavy (non-hydrogen) atoms. The van der Waals surface area contributed by atoms with Gasteiger partial charge in [-0.25, -0.2) is 8.42 Å². The summed E-state index contributed by atoms with van der Waals surface area (Å²) in [6.45, 7) is 5.15. The number of nitrogens with zero attached hydrogens (tertiary/aromatic N) is 3. The van der Waals surface area contributed by atoms with E-state index in [0.29, 0.717) is 35.8 Å². The van der Waals surface area contributed by atoms with Crippen molar-refractivity contribution in [2.75, 3.05) is 26.3 Å². The number of thiazole rings is 1. The molecule has 0 bridgehead atoms. The molecule has 4 rings (SSSR count). The molecule has 2 heterocycles. The third kappa shape index (κ3) is 5.53. The Morgan fingerprint density at radius 3 is 2.39 bits per heavy atom. The Kier molecular flexibility index (Phi) is 8.22. The van der Waals surface area contributed by atoms with E-state index in [1.807, 2.05) is 19.1 Å². The lowest BCUT2D eigenvalue weighted by Crippen LogP contribution is -2.35. The fourth-order valence-electron chi connectivity index (χ4n) is 4.11. The van der Waals surface area contributed by atoms with Crippen LogP contribution in [-0.4, -0.2) is 55.5 Å². The maximum absolute atomic E-state index is 13.0. The quantitative estimate of drug-likeness (QED) is 0.411. The molecule has 1 saturated heterocycles. The number of benzene rings is 2. The summed E-state index contributed by atoms with van der Waals surface area (Å²) >= 11 is 1.26. The van der Waals surface area contributed by atoms with E-state index in [4.69, 9.17) is 9.47 Å². The third-order valence-electron chi connectivity index (χ3n) is 5.81. The number of amides is 1. The number of hydrogen-bond acceptors (Lipinski definition) is 7. The zero-order valence-corrected chi connectivity index (χ0v) is 21.9. The number of aromatic nitrogens is 1. The van der Waals surface area contributed by atoms with Gasteiger partial charge in [-0.3, -0.25) is 9.59 Å². The molecule has 0 atom stereocenters. The zero-order valence-electron chi connectivity index (χ0n) is 20.3. The Morgan fingerprint density at radius 2 is 1.72 bits per heavy atom. The van der Waals surface area contributed by atoms with Crippen LogP contribution >= 0.6 is 11.3 Å². The first-order valence-electron chi connectivity index (χ1n) is 11.9. The summed E-state index contributed by atoms with van der Waals surface area (Å²) in [6.07, 6.45) is 2.72. The molecule has 0 radical (unpaired) electrons. The highest BCUT2D eigenvalue weighted by atomic mass is 32.2. The van der Waals surface area contributed by atoms with Gasteiger partial charge >= 0.3 is 5.97 Å². The van der Waals surface area contributed by atoms with E-state index >= 15 is 0 Å². The number of carbonyl (C=O) groups excluding carboxylic acids is 2. The number of esters is 1. The number of fused-ring (bicyclic) bond motifs is 1. The molecular weight excluding hydrogens is 502 g/mol. The summed E-state index contributed by atoms with van der Waals surface area (Å²) in [7, 11) is -3.59. The van der Waals surface area contributed by atoms with Crippen molar-refractivity contribution >= 4 is 43.5 Å². The van der Waals surface area contributed by atoms with Crippen LogP contribution in [0.1, 0.15) is 43.5 Å². The number of hydrogen-bond donors (Lipinski definition) is 0. The molecule has 0 N–H and O–H groups in total. The van der Waals surface area contributed by atoms with E-state index in [1.165, 1.54) is 39.9 Å². The predicted molar refractivity (Wildman–Crippen MR) is 137 cm³/mol. The molecule has 9 nitrogen and oxygen atoms in total. The fraction of sp³-hybridized carbons (Fsp3) is 0.400. The highest BCUT2D eigenvalue weighted by molar-refractivity contribution is 7.89. The Bertz CT molecular complexity index is 1420. The summed E-state index contributed by atoms with van der Waals surface area (Å²) in [4.78, 5) is 30.1. The highest BCUT2D eigenvalue weighted by Crippen LogP contribution is 2.28. The van der Waals surface area contributed by atoms with Gasteiger partial charge < -0.3 is 14.0 Å². The molecule has 192 valence electrons. The lowest BCUT2D eigenvalue weighted by atomic mass is 10.2. The summed E-state index contributed by atoms with van der Waals surface area (Å²) in [5.74, 6) is -0.416. The third-order valence-corrected chi connectivity index (χ3v) is 8.76. The number of rotatable bonds is 8. The van der Waals surface area contributed by atoms with Crippen molar-refractivity contribution < 1.29 is 27.5 Å². The molecule has 1 aromatic heterocycles. The standard InChI is InChI=1S/C25H29N3O6S2/c1-3-33-20-9-8-10-21-23(20)28(17-22(29)34-4-2)25(35-21)26-24(30)18-11-13-19(14-12-18)36(31,32)27-15-6-5-7-16-27/h8-14H,3-7,15-17H2,1-2H3. The summed E-state index contributed by atoms with van der Waals surface area (Å²) in [6, 6.07) is 11.3. The topological polar surface area (TPSA) is 107 Å². The monoisotopic (exact) mass is 531 g/mol. The first-order chi connectivity index (χ1) is 17.3. The van der Waals surface area contributed by atoms with Crippen molar-refractivity contribution in [3.63, 3.8) is 0 Å². The van der Waals surface area contributed by atoms with Crippen LogP contribution in [0.2, 0.25) is 0 Å². The fourth-order valence-corrected chi connectivity index (χ4v) is 6.67. The Balaban J connectivity index is 1.69. The average Bonchev–Trinajstić information content (AvgIpc) is 3.22. The molecule has 0 unspecified atom stereocenters. The summed E-state index contributed by atoms with van der Waals surface area (Å²) in [5.41, 5.74) is 0.907. The number of carbonyl (C=O) groups is 2. The van der Waals surface area contributed by atoms with Crippen LogP contribution in [0.4, 0.5) is 0 Å². The van der Waals surface area contributed by atoms with Crippen molar-refractivity contribution in [2.45, 2.75) is 44.6 Å². The van der Waals surface area contributed by atoms with Gasteiger partial charge in [0.2, 0.25) is 10.0 Å². The van der Waals surface area contributed by atoms with Crippen LogP contribution in [0, 0.1) is 0 Å². The van der Waals surface area contributed by atoms with E-state index in [0.717, 1.165) is 24.0 Å². The van der Waals surface area contributed by atoms with E-state index in [1.54, 1.807) is 17.6 Å². The second-order valence-electron chi connectivity index (χ2n) is 8.22. The van der Waals surface area contributed by atoms with Crippen molar-refractivity contribution in [3.8, 4) is 5.75 Å². The normalized spacial score (nSPS) is 15.2. The van der Waals surface area contributed by atoms with E-state index < -0.39 is 21.9 Å². The minimum Gasteiger partial charge on any atom is -0.492 e. The number of sulfonamides is 1. The molecular formula is C25H29N3O6S2. The molecule has 0 spiro atoms. The Morgan fingerprint density at radius 1 is 1.00 bits per heavy atom. The molecule has 2 aromatic carbocycles. The SMILES string of the molecule is CCOC(=O)Cn1c(=NC(=O)c2ccc(S(=O)(=O)N3CCCCC3)cc2)sc2cccc(OCC)c21. The van der Waals surface area contributed by atoms with Gasteiger partial charge in [0.05, 0.1) is 22.8 Å². The maximum Gasteiger partial charge on any atom is 0.326 e. The average molecular weight is 532 g/mol. The van der Waals surface area contributed by atoms with Crippen molar-refractivity contribution in [2.24, 2.45) is 4.99 Å². The molecule has 0 saturated carbocycles. The minimum absolute atomic E-state index is 0.128. The minimum atomic E-state index is -3.59.